The number of carboxylic acid groups (broad SMARTS) is 1. The molecule has 0 fully saturated rings. The Bertz CT molecular complexity index is 432. The minimum absolute atomic E-state index is 0.389. The van der Waals surface area contributed by atoms with E-state index < -0.39 is 5.97 Å². The quantitative estimate of drug-likeness (QED) is 0.605. The Morgan fingerprint density at radius 1 is 1.56 bits per heavy atom. The lowest BCUT2D eigenvalue weighted by atomic mass is 10.1. The molecule has 98 valence electrons. The highest BCUT2D eigenvalue weighted by Crippen LogP contribution is 2.29. The van der Waals surface area contributed by atoms with Crippen LogP contribution >= 0.6 is 11.8 Å². The summed E-state index contributed by atoms with van der Waals surface area (Å²) in [5.41, 5.74) is 1.16. The van der Waals surface area contributed by atoms with E-state index in [2.05, 4.69) is 18.4 Å². The average molecular weight is 265 g/mol. The zero-order valence-electron chi connectivity index (χ0n) is 10.8. The fourth-order valence-corrected chi connectivity index (χ4v) is 2.51. The lowest BCUT2D eigenvalue weighted by Crippen LogP contribution is -2.26. The molecule has 3 nitrogen and oxygen atoms in total. The summed E-state index contributed by atoms with van der Waals surface area (Å²) in [4.78, 5) is 14.3. The summed E-state index contributed by atoms with van der Waals surface area (Å²) in [5, 5.41) is 9.40. The van der Waals surface area contributed by atoms with E-state index in [1.807, 2.05) is 24.5 Å². The minimum Gasteiger partial charge on any atom is -0.478 e. The molecule has 0 aromatic heterocycles. The van der Waals surface area contributed by atoms with Gasteiger partial charge in [0, 0.05) is 18.0 Å². The minimum atomic E-state index is -0.875. The topological polar surface area (TPSA) is 40.5 Å². The molecule has 0 saturated carbocycles. The molecule has 1 rings (SSSR count). The highest BCUT2D eigenvalue weighted by molar-refractivity contribution is 7.98. The number of hydrogen-bond acceptors (Lipinski definition) is 3. The maximum Gasteiger partial charge on any atom is 0.338 e. The van der Waals surface area contributed by atoms with E-state index in [0.29, 0.717) is 12.1 Å². The van der Waals surface area contributed by atoms with Crippen molar-refractivity contribution in [2.45, 2.75) is 18.2 Å². The fourth-order valence-electron chi connectivity index (χ4n) is 1.90. The van der Waals surface area contributed by atoms with Gasteiger partial charge in [0.1, 0.15) is 0 Å². The van der Waals surface area contributed by atoms with Gasteiger partial charge in [0.05, 0.1) is 11.3 Å². The number of benzene rings is 1. The first kappa shape index (κ1) is 14.6. The van der Waals surface area contributed by atoms with E-state index >= 15 is 0 Å². The van der Waals surface area contributed by atoms with E-state index in [1.54, 1.807) is 6.08 Å². The van der Waals surface area contributed by atoms with E-state index in [4.69, 9.17) is 0 Å². The van der Waals surface area contributed by atoms with Crippen molar-refractivity contribution >= 4 is 23.4 Å². The molecule has 1 aromatic rings. The van der Waals surface area contributed by atoms with Crippen LogP contribution in [0.2, 0.25) is 0 Å². The van der Waals surface area contributed by atoms with Crippen LogP contribution in [-0.2, 0) is 0 Å². The largest absolute Gasteiger partial charge is 0.478 e. The van der Waals surface area contributed by atoms with Crippen LogP contribution < -0.4 is 4.90 Å². The van der Waals surface area contributed by atoms with E-state index in [9.17, 15) is 9.90 Å². The number of anilines is 1. The van der Waals surface area contributed by atoms with Gasteiger partial charge < -0.3 is 10.0 Å². The van der Waals surface area contributed by atoms with Gasteiger partial charge >= 0.3 is 5.97 Å². The summed E-state index contributed by atoms with van der Waals surface area (Å²) < 4.78 is 0. The van der Waals surface area contributed by atoms with Gasteiger partial charge in [0.25, 0.3) is 0 Å². The van der Waals surface area contributed by atoms with E-state index in [1.165, 1.54) is 11.8 Å². The molecule has 0 aliphatic carbocycles. The molecule has 0 spiro atoms. The van der Waals surface area contributed by atoms with Crippen molar-refractivity contribution in [1.82, 2.24) is 0 Å². The van der Waals surface area contributed by atoms with Gasteiger partial charge in [-0.15, -0.1) is 18.3 Å². The molecule has 0 heterocycles. The Labute approximate surface area is 113 Å². The van der Waals surface area contributed by atoms with Crippen LogP contribution in [0.3, 0.4) is 0 Å². The third kappa shape index (κ3) is 3.29. The predicted molar refractivity (Wildman–Crippen MR) is 77.9 cm³/mol. The number of hydrogen-bond donors (Lipinski definition) is 1. The normalized spacial score (nSPS) is 10.1. The number of carboxylic acids is 1. The van der Waals surface area contributed by atoms with Crippen LogP contribution in [0.15, 0.2) is 35.7 Å². The molecular weight excluding hydrogens is 246 g/mol. The summed E-state index contributed by atoms with van der Waals surface area (Å²) in [6.45, 7) is 7.29. The van der Waals surface area contributed by atoms with E-state index in [-0.39, 0.29) is 0 Å². The molecular formula is C14H19NO2S. The maximum atomic E-state index is 11.4. The molecule has 0 amide bonds. The third-order valence-electron chi connectivity index (χ3n) is 2.62. The van der Waals surface area contributed by atoms with Crippen molar-refractivity contribution in [3.63, 3.8) is 0 Å². The zero-order valence-corrected chi connectivity index (χ0v) is 11.7. The van der Waals surface area contributed by atoms with Gasteiger partial charge in [0.2, 0.25) is 0 Å². The molecule has 0 atom stereocenters. The van der Waals surface area contributed by atoms with Gasteiger partial charge in [-0.25, -0.2) is 4.79 Å². The van der Waals surface area contributed by atoms with Gasteiger partial charge in [-0.3, -0.25) is 0 Å². The van der Waals surface area contributed by atoms with Crippen molar-refractivity contribution in [2.75, 3.05) is 24.2 Å². The van der Waals surface area contributed by atoms with Crippen molar-refractivity contribution in [2.24, 2.45) is 0 Å². The first-order valence-electron chi connectivity index (χ1n) is 5.91. The van der Waals surface area contributed by atoms with Gasteiger partial charge in [0.15, 0.2) is 0 Å². The lowest BCUT2D eigenvalue weighted by Gasteiger charge is -2.25. The molecule has 18 heavy (non-hydrogen) atoms. The lowest BCUT2D eigenvalue weighted by molar-refractivity contribution is 0.0694. The second-order valence-electron chi connectivity index (χ2n) is 3.89. The molecule has 0 radical (unpaired) electrons. The average Bonchev–Trinajstić information content (AvgIpc) is 2.37. The Morgan fingerprint density at radius 3 is 2.78 bits per heavy atom. The van der Waals surface area contributed by atoms with Crippen molar-refractivity contribution in [3.8, 4) is 0 Å². The summed E-state index contributed by atoms with van der Waals surface area (Å²) in [5.74, 6) is -0.875. The molecule has 0 saturated heterocycles. The molecule has 1 N–H and O–H groups in total. The van der Waals surface area contributed by atoms with Crippen LogP contribution in [0.4, 0.5) is 5.69 Å². The molecule has 0 unspecified atom stereocenters. The number of nitrogens with zero attached hydrogens (tertiary/aromatic N) is 1. The molecule has 0 bridgehead atoms. The van der Waals surface area contributed by atoms with Crippen LogP contribution in [0.25, 0.3) is 0 Å². The molecule has 0 aliphatic rings. The Morgan fingerprint density at radius 2 is 2.28 bits per heavy atom. The van der Waals surface area contributed by atoms with Crippen molar-refractivity contribution < 1.29 is 9.90 Å². The molecule has 1 aromatic carbocycles. The van der Waals surface area contributed by atoms with Gasteiger partial charge in [-0.05, 0) is 24.8 Å². The summed E-state index contributed by atoms with van der Waals surface area (Å²) >= 11 is 1.46. The van der Waals surface area contributed by atoms with Gasteiger partial charge in [-0.1, -0.05) is 19.1 Å². The van der Waals surface area contributed by atoms with Crippen LogP contribution in [0.5, 0.6) is 0 Å². The van der Waals surface area contributed by atoms with Crippen LogP contribution in [0.1, 0.15) is 23.7 Å². The second-order valence-corrected chi connectivity index (χ2v) is 4.74. The SMILES string of the molecule is C=CCN(CCC)c1cccc(SC)c1C(=O)O. The predicted octanol–water partition coefficient (Wildman–Crippen LogP) is 3.51. The number of thioether (sulfide) groups is 1. The summed E-state index contributed by atoms with van der Waals surface area (Å²) in [7, 11) is 0. The Balaban J connectivity index is 3.27. The third-order valence-corrected chi connectivity index (χ3v) is 3.40. The standard InChI is InChI=1S/C14H19NO2S/c1-4-9-15(10-5-2)11-7-6-8-12(18-3)13(11)14(16)17/h4,6-8H,1,5,9-10H2,2-3H3,(H,16,17). The maximum absolute atomic E-state index is 11.4. The monoisotopic (exact) mass is 265 g/mol. The van der Waals surface area contributed by atoms with Gasteiger partial charge in [-0.2, -0.15) is 0 Å². The Hall–Kier alpha value is -1.42. The highest BCUT2D eigenvalue weighted by Gasteiger charge is 2.18. The molecule has 0 aliphatic heterocycles. The second kappa shape index (κ2) is 7.11. The van der Waals surface area contributed by atoms with Crippen LogP contribution in [-0.4, -0.2) is 30.4 Å². The smallest absolute Gasteiger partial charge is 0.338 e. The first-order valence-corrected chi connectivity index (χ1v) is 7.14. The van der Waals surface area contributed by atoms with Crippen LogP contribution in [0, 0.1) is 0 Å². The summed E-state index contributed by atoms with van der Waals surface area (Å²) in [6.07, 6.45) is 4.66. The first-order chi connectivity index (χ1) is 8.65. The number of aromatic carboxylic acids is 1. The zero-order chi connectivity index (χ0) is 13.5. The number of carbonyl (C=O) groups is 1. The summed E-state index contributed by atoms with van der Waals surface area (Å²) in [6, 6.07) is 5.61. The van der Waals surface area contributed by atoms with Crippen molar-refractivity contribution in [3.05, 3.63) is 36.4 Å². The Kier molecular flexibility index (Phi) is 5.78. The number of rotatable bonds is 7. The highest BCUT2D eigenvalue weighted by atomic mass is 32.2. The van der Waals surface area contributed by atoms with Crippen molar-refractivity contribution in [1.29, 1.82) is 0 Å². The molecule has 4 heteroatoms. The van der Waals surface area contributed by atoms with E-state index in [0.717, 1.165) is 23.5 Å². The fraction of sp³-hybridized carbons (Fsp3) is 0.357.